The summed E-state index contributed by atoms with van der Waals surface area (Å²) in [5.41, 5.74) is 8.27. The zero-order valence-corrected chi connectivity index (χ0v) is 11.9. The minimum Gasteiger partial charge on any atom is -0.363 e. The Morgan fingerprint density at radius 2 is 2.05 bits per heavy atom. The molecular weight excluding hydrogens is 253 g/mol. The molecule has 0 aliphatic carbocycles. The van der Waals surface area contributed by atoms with Crippen molar-refractivity contribution >= 4 is 5.69 Å². The zero-order chi connectivity index (χ0) is 14.5. The van der Waals surface area contributed by atoms with Gasteiger partial charge in [-0.25, -0.2) is 4.39 Å². The lowest BCUT2D eigenvalue weighted by atomic mass is 10.0. The van der Waals surface area contributed by atoms with Crippen LogP contribution in [0.2, 0.25) is 0 Å². The van der Waals surface area contributed by atoms with Crippen LogP contribution in [-0.4, -0.2) is 11.5 Å². The number of rotatable bonds is 5. The van der Waals surface area contributed by atoms with Crippen LogP contribution in [0.5, 0.6) is 0 Å². The number of pyridine rings is 1. The second-order valence-corrected chi connectivity index (χ2v) is 4.80. The Kier molecular flexibility index (Phi) is 4.69. The van der Waals surface area contributed by atoms with Crippen molar-refractivity contribution in [1.29, 1.82) is 0 Å². The second kappa shape index (κ2) is 6.48. The van der Waals surface area contributed by atoms with E-state index in [1.54, 1.807) is 12.3 Å². The van der Waals surface area contributed by atoms with Gasteiger partial charge in [0.2, 0.25) is 0 Å². The lowest BCUT2D eigenvalue weighted by molar-refractivity contribution is 0.610. The Labute approximate surface area is 119 Å². The van der Waals surface area contributed by atoms with Crippen LogP contribution in [0.15, 0.2) is 42.6 Å². The highest BCUT2D eigenvalue weighted by Gasteiger charge is 2.17. The van der Waals surface area contributed by atoms with E-state index in [4.69, 9.17) is 5.73 Å². The van der Waals surface area contributed by atoms with E-state index in [0.717, 1.165) is 11.3 Å². The first-order chi connectivity index (χ1) is 9.63. The molecule has 1 heterocycles. The first kappa shape index (κ1) is 14.5. The highest BCUT2D eigenvalue weighted by Crippen LogP contribution is 2.29. The van der Waals surface area contributed by atoms with E-state index >= 15 is 0 Å². The minimum atomic E-state index is -0.238. The molecule has 0 saturated carbocycles. The summed E-state index contributed by atoms with van der Waals surface area (Å²) < 4.78 is 14.2. The minimum absolute atomic E-state index is 0.210. The summed E-state index contributed by atoms with van der Waals surface area (Å²) in [6.07, 6.45) is 1.75. The predicted molar refractivity (Wildman–Crippen MR) is 80.0 cm³/mol. The lowest BCUT2D eigenvalue weighted by Crippen LogP contribution is -2.26. The summed E-state index contributed by atoms with van der Waals surface area (Å²) in [6.45, 7) is 5.13. The molecule has 0 aliphatic rings. The average Bonchev–Trinajstić information content (AvgIpc) is 2.46. The maximum absolute atomic E-state index is 14.2. The fourth-order valence-corrected chi connectivity index (χ4v) is 2.27. The van der Waals surface area contributed by atoms with Gasteiger partial charge in [-0.1, -0.05) is 18.2 Å². The number of aromatic nitrogens is 1. The van der Waals surface area contributed by atoms with E-state index in [-0.39, 0.29) is 11.9 Å². The van der Waals surface area contributed by atoms with E-state index in [2.05, 4.69) is 4.98 Å². The quantitative estimate of drug-likeness (QED) is 0.909. The van der Waals surface area contributed by atoms with Gasteiger partial charge in [0.1, 0.15) is 5.82 Å². The number of halogens is 1. The molecular formula is C16H20FN3. The predicted octanol–water partition coefficient (Wildman–Crippen LogP) is 3.27. The molecule has 2 N–H and O–H groups in total. The van der Waals surface area contributed by atoms with Crippen molar-refractivity contribution in [3.8, 4) is 0 Å². The van der Waals surface area contributed by atoms with Crippen molar-refractivity contribution in [1.82, 2.24) is 4.98 Å². The van der Waals surface area contributed by atoms with Gasteiger partial charge in [0.25, 0.3) is 0 Å². The van der Waals surface area contributed by atoms with Gasteiger partial charge in [0.05, 0.1) is 17.9 Å². The van der Waals surface area contributed by atoms with Crippen LogP contribution < -0.4 is 10.6 Å². The Morgan fingerprint density at radius 3 is 2.65 bits per heavy atom. The summed E-state index contributed by atoms with van der Waals surface area (Å²) in [6, 6.07) is 10.6. The molecule has 0 aliphatic heterocycles. The Hall–Kier alpha value is -1.94. The van der Waals surface area contributed by atoms with Crippen LogP contribution in [0.4, 0.5) is 10.1 Å². The molecule has 20 heavy (non-hydrogen) atoms. The third-order valence-corrected chi connectivity index (χ3v) is 3.29. The molecule has 1 unspecified atom stereocenters. The van der Waals surface area contributed by atoms with Gasteiger partial charge in [-0.2, -0.15) is 0 Å². The molecule has 1 aromatic carbocycles. The number of benzene rings is 1. The standard InChI is InChI=1S/C16H20FN3/c1-3-20(11-13-7-4-5-10-19-13)16-14(12(2)18)8-6-9-15(16)17/h4-10,12H,3,11,18H2,1-2H3. The summed E-state index contributed by atoms with van der Waals surface area (Å²) in [4.78, 5) is 6.27. The molecule has 0 radical (unpaired) electrons. The summed E-state index contributed by atoms with van der Waals surface area (Å²) >= 11 is 0. The van der Waals surface area contributed by atoms with Gasteiger partial charge in [0.15, 0.2) is 0 Å². The first-order valence-corrected chi connectivity index (χ1v) is 6.82. The van der Waals surface area contributed by atoms with E-state index in [0.29, 0.717) is 18.8 Å². The van der Waals surface area contributed by atoms with Crippen LogP contribution in [0.25, 0.3) is 0 Å². The van der Waals surface area contributed by atoms with Crippen LogP contribution in [0.3, 0.4) is 0 Å². The maximum Gasteiger partial charge on any atom is 0.146 e. The lowest BCUT2D eigenvalue weighted by Gasteiger charge is -2.27. The molecule has 0 saturated heterocycles. The van der Waals surface area contributed by atoms with Crippen molar-refractivity contribution in [2.24, 2.45) is 5.73 Å². The third-order valence-electron chi connectivity index (χ3n) is 3.29. The van der Waals surface area contributed by atoms with Crippen molar-refractivity contribution in [2.45, 2.75) is 26.4 Å². The van der Waals surface area contributed by atoms with E-state index in [1.807, 2.05) is 43.0 Å². The summed E-state index contributed by atoms with van der Waals surface area (Å²) in [5.74, 6) is -0.238. The van der Waals surface area contributed by atoms with Crippen molar-refractivity contribution in [3.05, 3.63) is 59.7 Å². The maximum atomic E-state index is 14.2. The van der Waals surface area contributed by atoms with E-state index in [1.165, 1.54) is 6.07 Å². The normalized spacial score (nSPS) is 12.2. The smallest absolute Gasteiger partial charge is 0.146 e. The fraction of sp³-hybridized carbons (Fsp3) is 0.312. The molecule has 3 nitrogen and oxygen atoms in total. The number of hydrogen-bond acceptors (Lipinski definition) is 3. The summed E-state index contributed by atoms with van der Waals surface area (Å²) in [7, 11) is 0. The molecule has 0 bridgehead atoms. The van der Waals surface area contributed by atoms with Crippen LogP contribution in [0.1, 0.15) is 31.1 Å². The molecule has 2 rings (SSSR count). The van der Waals surface area contributed by atoms with Gasteiger partial charge in [-0.05, 0) is 37.6 Å². The van der Waals surface area contributed by atoms with Crippen LogP contribution in [0, 0.1) is 5.82 Å². The van der Waals surface area contributed by atoms with Crippen molar-refractivity contribution in [3.63, 3.8) is 0 Å². The third kappa shape index (κ3) is 3.14. The Morgan fingerprint density at radius 1 is 1.25 bits per heavy atom. The SMILES string of the molecule is CCN(Cc1ccccn1)c1c(F)cccc1C(C)N. The van der Waals surface area contributed by atoms with Crippen LogP contribution >= 0.6 is 0 Å². The monoisotopic (exact) mass is 273 g/mol. The molecule has 4 heteroatoms. The number of anilines is 1. The molecule has 106 valence electrons. The molecule has 0 spiro atoms. The second-order valence-electron chi connectivity index (χ2n) is 4.80. The molecule has 0 amide bonds. The number of nitrogens with zero attached hydrogens (tertiary/aromatic N) is 2. The van der Waals surface area contributed by atoms with Gasteiger partial charge in [-0.15, -0.1) is 0 Å². The van der Waals surface area contributed by atoms with Gasteiger partial charge < -0.3 is 10.6 Å². The summed E-state index contributed by atoms with van der Waals surface area (Å²) in [5, 5.41) is 0. The Bertz CT molecular complexity index is 555. The Balaban J connectivity index is 2.37. The fourth-order valence-electron chi connectivity index (χ4n) is 2.27. The highest BCUT2D eigenvalue weighted by atomic mass is 19.1. The number of para-hydroxylation sites is 1. The van der Waals surface area contributed by atoms with Crippen LogP contribution in [-0.2, 0) is 6.54 Å². The molecule has 2 aromatic rings. The number of nitrogens with two attached hydrogens (primary N) is 1. The van der Waals surface area contributed by atoms with Gasteiger partial charge >= 0.3 is 0 Å². The van der Waals surface area contributed by atoms with E-state index < -0.39 is 0 Å². The molecule has 0 fully saturated rings. The topological polar surface area (TPSA) is 42.2 Å². The van der Waals surface area contributed by atoms with Gasteiger partial charge in [-0.3, -0.25) is 4.98 Å². The van der Waals surface area contributed by atoms with Gasteiger partial charge in [0, 0.05) is 18.8 Å². The van der Waals surface area contributed by atoms with Crippen molar-refractivity contribution < 1.29 is 4.39 Å². The largest absolute Gasteiger partial charge is 0.363 e. The van der Waals surface area contributed by atoms with Crippen molar-refractivity contribution in [2.75, 3.05) is 11.4 Å². The zero-order valence-electron chi connectivity index (χ0n) is 11.9. The molecule has 1 aromatic heterocycles. The first-order valence-electron chi connectivity index (χ1n) is 6.82. The van der Waals surface area contributed by atoms with E-state index in [9.17, 15) is 4.39 Å². The highest BCUT2D eigenvalue weighted by molar-refractivity contribution is 5.56. The molecule has 1 atom stereocenters. The number of hydrogen-bond donors (Lipinski definition) is 1. The average molecular weight is 273 g/mol.